The molecule has 0 aliphatic rings. The average Bonchev–Trinajstić information content (AvgIpc) is 2.46. The smallest absolute Gasteiger partial charge is 0.270 e. The minimum absolute atomic E-state index is 0.0264. The number of nitro groups is 1. The number of rotatable bonds is 5. The quantitative estimate of drug-likeness (QED) is 0.394. The van der Waals surface area contributed by atoms with Gasteiger partial charge in [0.25, 0.3) is 5.69 Å². The summed E-state index contributed by atoms with van der Waals surface area (Å²) in [4.78, 5) is 10.2. The van der Waals surface area contributed by atoms with Gasteiger partial charge in [0.15, 0.2) is 0 Å². The lowest BCUT2D eigenvalue weighted by Crippen LogP contribution is -1.99. The average molecular weight is 391 g/mol. The third-order valence-corrected chi connectivity index (χ3v) is 4.06. The van der Waals surface area contributed by atoms with E-state index in [-0.39, 0.29) is 18.2 Å². The van der Waals surface area contributed by atoms with E-state index in [9.17, 15) is 10.1 Å². The monoisotopic (exact) mass is 389 g/mol. The number of hydrogen-bond donors (Lipinski definition) is 0. The predicted molar refractivity (Wildman–Crippen MR) is 86.1 cm³/mol. The van der Waals surface area contributed by atoms with Crippen LogP contribution in [-0.4, -0.2) is 4.92 Å². The molecule has 0 spiro atoms. The molecular formula is C14H10BrCl2NO3. The van der Waals surface area contributed by atoms with Crippen molar-refractivity contribution in [2.24, 2.45) is 0 Å². The standard InChI is InChI=1S/C14H10BrCl2NO3/c15-13-6-12(18(19)20)3-1-9(13)8-21-14-4-2-11(17)5-10(14)7-16/h1-6H,7-8H2. The number of nitro benzene ring substituents is 1. The Morgan fingerprint density at radius 3 is 2.57 bits per heavy atom. The van der Waals surface area contributed by atoms with E-state index in [0.29, 0.717) is 15.2 Å². The lowest BCUT2D eigenvalue weighted by molar-refractivity contribution is -0.384. The fourth-order valence-corrected chi connectivity index (χ4v) is 2.60. The molecular weight excluding hydrogens is 381 g/mol. The Hall–Kier alpha value is -1.30. The summed E-state index contributed by atoms with van der Waals surface area (Å²) < 4.78 is 6.33. The van der Waals surface area contributed by atoms with Crippen LogP contribution in [0, 0.1) is 10.1 Å². The summed E-state index contributed by atoms with van der Waals surface area (Å²) in [5, 5.41) is 11.3. The zero-order valence-electron chi connectivity index (χ0n) is 10.7. The molecule has 21 heavy (non-hydrogen) atoms. The molecule has 2 aromatic rings. The third-order valence-electron chi connectivity index (χ3n) is 2.80. The Kier molecular flexibility index (Phi) is 5.45. The summed E-state index contributed by atoms with van der Waals surface area (Å²) in [7, 11) is 0. The van der Waals surface area contributed by atoms with Gasteiger partial charge in [-0.3, -0.25) is 10.1 Å². The Morgan fingerprint density at radius 1 is 1.19 bits per heavy atom. The van der Waals surface area contributed by atoms with Crippen LogP contribution in [0.4, 0.5) is 5.69 Å². The molecule has 0 aliphatic carbocycles. The predicted octanol–water partition coefficient (Wildman–Crippen LogP) is 5.33. The van der Waals surface area contributed by atoms with Crippen molar-refractivity contribution >= 4 is 44.8 Å². The van der Waals surface area contributed by atoms with Gasteiger partial charge in [-0.2, -0.15) is 0 Å². The van der Waals surface area contributed by atoms with Gasteiger partial charge >= 0.3 is 0 Å². The van der Waals surface area contributed by atoms with Crippen molar-refractivity contribution in [3.63, 3.8) is 0 Å². The van der Waals surface area contributed by atoms with Gasteiger partial charge < -0.3 is 4.74 Å². The Balaban J connectivity index is 2.15. The van der Waals surface area contributed by atoms with Crippen molar-refractivity contribution in [2.75, 3.05) is 0 Å². The highest BCUT2D eigenvalue weighted by Gasteiger charge is 2.10. The maximum atomic E-state index is 10.7. The molecule has 0 atom stereocenters. The molecule has 0 aliphatic heterocycles. The lowest BCUT2D eigenvalue weighted by atomic mass is 10.2. The first-order valence-corrected chi connectivity index (χ1v) is 7.62. The van der Waals surface area contributed by atoms with Gasteiger partial charge in [0.05, 0.1) is 10.8 Å². The topological polar surface area (TPSA) is 52.4 Å². The maximum Gasteiger partial charge on any atom is 0.270 e. The molecule has 0 saturated heterocycles. The van der Waals surface area contributed by atoms with Gasteiger partial charge in [0.2, 0.25) is 0 Å². The number of nitrogens with zero attached hydrogens (tertiary/aromatic N) is 1. The first kappa shape index (κ1) is 16.1. The van der Waals surface area contributed by atoms with Crippen LogP contribution in [0.25, 0.3) is 0 Å². The van der Waals surface area contributed by atoms with E-state index in [2.05, 4.69) is 15.9 Å². The Bertz CT molecular complexity index is 679. The van der Waals surface area contributed by atoms with Crippen LogP contribution in [-0.2, 0) is 12.5 Å². The highest BCUT2D eigenvalue weighted by atomic mass is 79.9. The van der Waals surface area contributed by atoms with Crippen molar-refractivity contribution in [3.05, 3.63) is 67.1 Å². The first-order chi connectivity index (χ1) is 10.0. The summed E-state index contributed by atoms with van der Waals surface area (Å²) >= 11 is 15.1. The molecule has 4 nitrogen and oxygen atoms in total. The third kappa shape index (κ3) is 4.09. The highest BCUT2D eigenvalue weighted by Crippen LogP contribution is 2.28. The number of non-ortho nitro benzene ring substituents is 1. The molecule has 0 fully saturated rings. The molecule has 2 rings (SSSR count). The SMILES string of the molecule is O=[N+]([O-])c1ccc(COc2ccc(Cl)cc2CCl)c(Br)c1. The normalized spacial score (nSPS) is 10.4. The zero-order chi connectivity index (χ0) is 15.4. The molecule has 110 valence electrons. The van der Waals surface area contributed by atoms with Gasteiger partial charge in [0, 0.05) is 32.8 Å². The molecule has 0 heterocycles. The summed E-state index contributed by atoms with van der Waals surface area (Å²) in [6.45, 7) is 0.268. The maximum absolute atomic E-state index is 10.7. The molecule has 0 amide bonds. The van der Waals surface area contributed by atoms with E-state index in [1.165, 1.54) is 12.1 Å². The molecule has 0 aromatic heterocycles. The van der Waals surface area contributed by atoms with Crippen LogP contribution in [0.3, 0.4) is 0 Å². The molecule has 0 unspecified atom stereocenters. The Morgan fingerprint density at radius 2 is 1.95 bits per heavy atom. The largest absolute Gasteiger partial charge is 0.489 e. The van der Waals surface area contributed by atoms with Crippen LogP contribution in [0.15, 0.2) is 40.9 Å². The van der Waals surface area contributed by atoms with Crippen LogP contribution in [0.1, 0.15) is 11.1 Å². The van der Waals surface area contributed by atoms with Gasteiger partial charge in [-0.05, 0) is 24.3 Å². The second-order valence-electron chi connectivity index (χ2n) is 4.21. The second kappa shape index (κ2) is 7.11. The molecule has 0 saturated carbocycles. The fraction of sp³-hybridized carbons (Fsp3) is 0.143. The van der Waals surface area contributed by atoms with Gasteiger partial charge in [-0.25, -0.2) is 0 Å². The van der Waals surface area contributed by atoms with E-state index in [1.807, 2.05) is 0 Å². The molecule has 0 radical (unpaired) electrons. The number of hydrogen-bond acceptors (Lipinski definition) is 3. The van der Waals surface area contributed by atoms with Crippen LogP contribution >= 0.6 is 39.1 Å². The van der Waals surface area contributed by atoms with Crippen LogP contribution in [0.2, 0.25) is 5.02 Å². The zero-order valence-corrected chi connectivity index (χ0v) is 13.8. The summed E-state index contributed by atoms with van der Waals surface area (Å²) in [6.07, 6.45) is 0. The number of halogens is 3. The highest BCUT2D eigenvalue weighted by molar-refractivity contribution is 9.10. The minimum Gasteiger partial charge on any atom is -0.489 e. The van der Waals surface area contributed by atoms with Crippen molar-refractivity contribution in [3.8, 4) is 5.75 Å². The molecule has 7 heteroatoms. The van der Waals surface area contributed by atoms with E-state index in [1.54, 1.807) is 24.3 Å². The van der Waals surface area contributed by atoms with Gasteiger partial charge in [-0.1, -0.05) is 27.5 Å². The molecule has 2 aromatic carbocycles. The van der Waals surface area contributed by atoms with E-state index in [4.69, 9.17) is 27.9 Å². The van der Waals surface area contributed by atoms with Gasteiger partial charge in [0.1, 0.15) is 12.4 Å². The second-order valence-corrected chi connectivity index (χ2v) is 5.77. The van der Waals surface area contributed by atoms with Crippen molar-refractivity contribution in [2.45, 2.75) is 12.5 Å². The van der Waals surface area contributed by atoms with E-state index >= 15 is 0 Å². The van der Waals surface area contributed by atoms with E-state index in [0.717, 1.165) is 11.1 Å². The first-order valence-electron chi connectivity index (χ1n) is 5.91. The number of ether oxygens (including phenoxy) is 1. The van der Waals surface area contributed by atoms with E-state index < -0.39 is 4.92 Å². The fourth-order valence-electron chi connectivity index (χ4n) is 1.72. The summed E-state index contributed by atoms with van der Waals surface area (Å²) in [5.41, 5.74) is 1.62. The van der Waals surface area contributed by atoms with Crippen LogP contribution in [0.5, 0.6) is 5.75 Å². The number of alkyl halides is 1. The number of benzene rings is 2. The van der Waals surface area contributed by atoms with Crippen molar-refractivity contribution < 1.29 is 9.66 Å². The molecule has 0 N–H and O–H groups in total. The van der Waals surface area contributed by atoms with Crippen LogP contribution < -0.4 is 4.74 Å². The summed E-state index contributed by atoms with van der Waals surface area (Å²) in [5.74, 6) is 0.928. The van der Waals surface area contributed by atoms with Gasteiger partial charge in [-0.15, -0.1) is 11.6 Å². The van der Waals surface area contributed by atoms with Crippen molar-refractivity contribution in [1.29, 1.82) is 0 Å². The van der Waals surface area contributed by atoms with Crippen molar-refractivity contribution in [1.82, 2.24) is 0 Å². The summed E-state index contributed by atoms with van der Waals surface area (Å²) in [6, 6.07) is 9.75. The lowest BCUT2D eigenvalue weighted by Gasteiger charge is -2.11. The molecule has 0 bridgehead atoms. The minimum atomic E-state index is -0.444. The Labute approximate surface area is 139 Å².